The van der Waals surface area contributed by atoms with Gasteiger partial charge in [0.05, 0.1) is 5.69 Å². The lowest BCUT2D eigenvalue weighted by molar-refractivity contribution is 0.757. The molecule has 19 heavy (non-hydrogen) atoms. The molecule has 0 saturated heterocycles. The van der Waals surface area contributed by atoms with Crippen molar-refractivity contribution in [2.24, 2.45) is 0 Å². The van der Waals surface area contributed by atoms with E-state index in [0.29, 0.717) is 0 Å². The average Bonchev–Trinajstić information content (AvgIpc) is 2.70. The van der Waals surface area contributed by atoms with E-state index in [1.165, 1.54) is 0 Å². The van der Waals surface area contributed by atoms with Crippen LogP contribution in [0.15, 0.2) is 6.33 Å². The number of anilines is 1. The number of rotatable bonds is 3. The second-order valence-electron chi connectivity index (χ2n) is 5.07. The Kier molecular flexibility index (Phi) is 3.55. The minimum Gasteiger partial charge on any atom is -0.373 e. The molecule has 102 valence electrons. The van der Waals surface area contributed by atoms with Crippen LogP contribution in [0.4, 0.5) is 5.82 Å². The van der Waals surface area contributed by atoms with Crippen molar-refractivity contribution in [1.29, 1.82) is 0 Å². The van der Waals surface area contributed by atoms with Gasteiger partial charge in [0.15, 0.2) is 0 Å². The predicted molar refractivity (Wildman–Crippen MR) is 77.0 cm³/mol. The first kappa shape index (κ1) is 13.5. The van der Waals surface area contributed by atoms with Crippen LogP contribution in [-0.2, 0) is 0 Å². The first-order valence-electron chi connectivity index (χ1n) is 6.53. The fourth-order valence-electron chi connectivity index (χ4n) is 1.97. The van der Waals surface area contributed by atoms with Crippen LogP contribution < -0.4 is 5.32 Å². The predicted octanol–water partition coefficient (Wildman–Crippen LogP) is 2.75. The van der Waals surface area contributed by atoms with Crippen molar-refractivity contribution >= 4 is 5.82 Å². The zero-order valence-corrected chi connectivity index (χ0v) is 12.4. The van der Waals surface area contributed by atoms with E-state index in [2.05, 4.69) is 36.1 Å². The normalized spacial score (nSPS) is 11.1. The summed E-state index contributed by atoms with van der Waals surface area (Å²) in [6.07, 6.45) is 1.82. The summed E-state index contributed by atoms with van der Waals surface area (Å²) in [6, 6.07) is 0. The molecule has 0 aromatic carbocycles. The van der Waals surface area contributed by atoms with Crippen LogP contribution in [0.2, 0.25) is 0 Å². The fraction of sp³-hybridized carbons (Fsp3) is 0.500. The fourth-order valence-corrected chi connectivity index (χ4v) is 1.97. The van der Waals surface area contributed by atoms with Gasteiger partial charge in [0.2, 0.25) is 0 Å². The van der Waals surface area contributed by atoms with E-state index in [1.807, 2.05) is 31.8 Å². The number of nitrogens with one attached hydrogen (secondary N) is 1. The van der Waals surface area contributed by atoms with Gasteiger partial charge in [0, 0.05) is 24.2 Å². The average molecular weight is 259 g/mol. The molecule has 0 saturated carbocycles. The lowest BCUT2D eigenvalue weighted by atomic mass is 10.2. The Hall–Kier alpha value is -1.91. The topological polar surface area (TPSA) is 55.6 Å². The summed E-state index contributed by atoms with van der Waals surface area (Å²) < 4.78 is 2.03. The van der Waals surface area contributed by atoms with E-state index in [4.69, 9.17) is 4.98 Å². The Morgan fingerprint density at radius 2 is 1.84 bits per heavy atom. The van der Waals surface area contributed by atoms with Crippen LogP contribution in [0.3, 0.4) is 0 Å². The molecule has 2 aromatic rings. The summed E-state index contributed by atoms with van der Waals surface area (Å²) >= 11 is 0. The second-order valence-corrected chi connectivity index (χ2v) is 5.07. The molecule has 0 spiro atoms. The molecular weight excluding hydrogens is 238 g/mol. The Balaban J connectivity index is 2.68. The highest BCUT2D eigenvalue weighted by atomic mass is 15.2. The summed E-state index contributed by atoms with van der Waals surface area (Å²) in [6.45, 7) is 10.3. The van der Waals surface area contributed by atoms with E-state index in [-0.39, 0.29) is 5.92 Å². The molecule has 0 radical (unpaired) electrons. The van der Waals surface area contributed by atoms with E-state index in [0.717, 1.165) is 34.4 Å². The smallest absolute Gasteiger partial charge is 0.146 e. The lowest BCUT2D eigenvalue weighted by Crippen LogP contribution is -2.11. The third-order valence-corrected chi connectivity index (χ3v) is 3.37. The molecule has 2 aromatic heterocycles. The molecule has 0 aliphatic carbocycles. The van der Waals surface area contributed by atoms with Crippen molar-refractivity contribution in [2.75, 3.05) is 12.4 Å². The minimum absolute atomic E-state index is 0.288. The summed E-state index contributed by atoms with van der Waals surface area (Å²) in [5.74, 6) is 2.91. The van der Waals surface area contributed by atoms with Crippen molar-refractivity contribution in [3.05, 3.63) is 29.1 Å². The molecule has 0 fully saturated rings. The number of nitrogens with zero attached hydrogens (tertiary/aromatic N) is 4. The lowest BCUT2D eigenvalue weighted by Gasteiger charge is -2.15. The first-order chi connectivity index (χ1) is 8.95. The molecule has 5 heteroatoms. The van der Waals surface area contributed by atoms with Crippen LogP contribution in [-0.4, -0.2) is 26.6 Å². The summed E-state index contributed by atoms with van der Waals surface area (Å²) in [5, 5.41) is 3.14. The molecule has 0 aliphatic heterocycles. The van der Waals surface area contributed by atoms with E-state index in [9.17, 15) is 0 Å². The number of hydrogen-bond acceptors (Lipinski definition) is 4. The van der Waals surface area contributed by atoms with Crippen LogP contribution >= 0.6 is 0 Å². The van der Waals surface area contributed by atoms with Gasteiger partial charge < -0.3 is 5.32 Å². The standard InChI is InChI=1S/C14H21N5/c1-8(2)12-17-13(15-6)9(3)14(18-12)19-7-16-10(4)11(19)5/h7-8H,1-6H3,(H,15,17,18). The summed E-state index contributed by atoms with van der Waals surface area (Å²) in [7, 11) is 1.88. The van der Waals surface area contributed by atoms with Crippen molar-refractivity contribution in [1.82, 2.24) is 19.5 Å². The molecule has 0 unspecified atom stereocenters. The van der Waals surface area contributed by atoms with Crippen molar-refractivity contribution < 1.29 is 0 Å². The van der Waals surface area contributed by atoms with Crippen LogP contribution in [0.5, 0.6) is 0 Å². The number of hydrogen-bond donors (Lipinski definition) is 1. The van der Waals surface area contributed by atoms with E-state index >= 15 is 0 Å². The summed E-state index contributed by atoms with van der Waals surface area (Å²) in [5.41, 5.74) is 3.17. The van der Waals surface area contributed by atoms with Gasteiger partial charge in [-0.1, -0.05) is 13.8 Å². The zero-order valence-electron chi connectivity index (χ0n) is 12.4. The minimum atomic E-state index is 0.288. The van der Waals surface area contributed by atoms with Gasteiger partial charge in [0.1, 0.15) is 23.8 Å². The van der Waals surface area contributed by atoms with E-state index in [1.54, 1.807) is 0 Å². The quantitative estimate of drug-likeness (QED) is 0.921. The summed E-state index contributed by atoms with van der Waals surface area (Å²) in [4.78, 5) is 13.6. The van der Waals surface area contributed by atoms with Crippen LogP contribution in [0.1, 0.15) is 42.5 Å². The highest BCUT2D eigenvalue weighted by molar-refractivity contribution is 5.52. The number of aromatic nitrogens is 4. The largest absolute Gasteiger partial charge is 0.373 e. The van der Waals surface area contributed by atoms with Gasteiger partial charge in [-0.15, -0.1) is 0 Å². The van der Waals surface area contributed by atoms with Gasteiger partial charge in [-0.2, -0.15) is 0 Å². The maximum absolute atomic E-state index is 4.70. The number of aryl methyl sites for hydroxylation is 1. The first-order valence-corrected chi connectivity index (χ1v) is 6.53. The van der Waals surface area contributed by atoms with Gasteiger partial charge in [-0.25, -0.2) is 15.0 Å². The molecule has 0 bridgehead atoms. The molecule has 1 N–H and O–H groups in total. The third kappa shape index (κ3) is 2.32. The van der Waals surface area contributed by atoms with Crippen LogP contribution in [0, 0.1) is 20.8 Å². The molecule has 0 atom stereocenters. The molecular formula is C14H21N5. The van der Waals surface area contributed by atoms with Gasteiger partial charge >= 0.3 is 0 Å². The monoisotopic (exact) mass is 259 g/mol. The van der Waals surface area contributed by atoms with Gasteiger partial charge in [-0.3, -0.25) is 4.57 Å². The molecule has 0 aliphatic rings. The van der Waals surface area contributed by atoms with Crippen LogP contribution in [0.25, 0.3) is 5.82 Å². The molecule has 2 rings (SSSR count). The molecule has 2 heterocycles. The second kappa shape index (κ2) is 4.99. The Bertz CT molecular complexity index is 598. The Labute approximate surface area is 114 Å². The number of imidazole rings is 1. The Morgan fingerprint density at radius 1 is 1.16 bits per heavy atom. The molecule has 0 amide bonds. The SMILES string of the molecule is CNc1nc(C(C)C)nc(-n2cnc(C)c2C)c1C. The van der Waals surface area contributed by atoms with Crippen molar-refractivity contribution in [3.63, 3.8) is 0 Å². The van der Waals surface area contributed by atoms with E-state index < -0.39 is 0 Å². The maximum Gasteiger partial charge on any atom is 0.146 e. The highest BCUT2D eigenvalue weighted by Gasteiger charge is 2.15. The van der Waals surface area contributed by atoms with Crippen molar-refractivity contribution in [2.45, 2.75) is 40.5 Å². The third-order valence-electron chi connectivity index (χ3n) is 3.37. The van der Waals surface area contributed by atoms with Gasteiger partial charge in [0.25, 0.3) is 0 Å². The van der Waals surface area contributed by atoms with Crippen molar-refractivity contribution in [3.8, 4) is 5.82 Å². The Morgan fingerprint density at radius 3 is 2.32 bits per heavy atom. The molecule has 5 nitrogen and oxygen atoms in total. The van der Waals surface area contributed by atoms with Gasteiger partial charge in [-0.05, 0) is 20.8 Å². The highest BCUT2D eigenvalue weighted by Crippen LogP contribution is 2.23. The zero-order chi connectivity index (χ0) is 14.2. The maximum atomic E-state index is 4.70.